The number of anilines is 1. The number of hydrogen-bond acceptors (Lipinski definition) is 3. The van der Waals surface area contributed by atoms with Crippen molar-refractivity contribution in [2.45, 2.75) is 6.54 Å². The highest BCUT2D eigenvalue weighted by atomic mass is 35.5. The second-order valence-corrected chi connectivity index (χ2v) is 5.44. The lowest BCUT2D eigenvalue weighted by Gasteiger charge is -2.07. The lowest BCUT2D eigenvalue weighted by molar-refractivity contribution is -0.117. The molecular formula is C17H13Cl2N3O. The van der Waals surface area contributed by atoms with Crippen molar-refractivity contribution < 1.29 is 4.79 Å². The van der Waals surface area contributed by atoms with Crippen molar-refractivity contribution in [2.75, 3.05) is 5.32 Å². The zero-order chi connectivity index (χ0) is 16.7. The van der Waals surface area contributed by atoms with Crippen LogP contribution in [0.1, 0.15) is 5.56 Å². The lowest BCUT2D eigenvalue weighted by atomic mass is 10.2. The van der Waals surface area contributed by atoms with Crippen LogP contribution in [0.3, 0.4) is 0 Å². The van der Waals surface area contributed by atoms with Crippen molar-refractivity contribution in [3.63, 3.8) is 0 Å². The summed E-state index contributed by atoms with van der Waals surface area (Å²) in [6.45, 7) is 0.248. The molecule has 2 aromatic rings. The van der Waals surface area contributed by atoms with Gasteiger partial charge in [-0.1, -0.05) is 41.4 Å². The summed E-state index contributed by atoms with van der Waals surface area (Å²) in [6.07, 6.45) is 1.35. The topological polar surface area (TPSA) is 64.9 Å². The number of amides is 1. The maximum Gasteiger partial charge on any atom is 0.263 e. The fourth-order valence-corrected chi connectivity index (χ4v) is 2.09. The number of nitrogens with zero attached hydrogens (tertiary/aromatic N) is 1. The Balaban J connectivity index is 1.98. The minimum atomic E-state index is -0.478. The summed E-state index contributed by atoms with van der Waals surface area (Å²) in [5.41, 5.74) is 1.47. The zero-order valence-corrected chi connectivity index (χ0v) is 13.5. The largest absolute Gasteiger partial charge is 0.360 e. The molecule has 4 nitrogen and oxygen atoms in total. The van der Waals surface area contributed by atoms with Crippen LogP contribution < -0.4 is 10.6 Å². The van der Waals surface area contributed by atoms with Crippen molar-refractivity contribution in [1.29, 1.82) is 5.26 Å². The summed E-state index contributed by atoms with van der Waals surface area (Å²) in [7, 11) is 0. The van der Waals surface area contributed by atoms with Gasteiger partial charge >= 0.3 is 0 Å². The molecule has 0 spiro atoms. The molecule has 2 aromatic carbocycles. The quantitative estimate of drug-likeness (QED) is 0.632. The van der Waals surface area contributed by atoms with Gasteiger partial charge in [0.15, 0.2) is 0 Å². The summed E-state index contributed by atoms with van der Waals surface area (Å²) in [4.78, 5) is 12.0. The summed E-state index contributed by atoms with van der Waals surface area (Å²) in [5, 5.41) is 15.8. The van der Waals surface area contributed by atoms with Gasteiger partial charge in [-0.2, -0.15) is 5.26 Å². The summed E-state index contributed by atoms with van der Waals surface area (Å²) in [5.74, 6) is -0.478. The zero-order valence-electron chi connectivity index (χ0n) is 12.0. The van der Waals surface area contributed by atoms with E-state index in [4.69, 9.17) is 28.5 Å². The second-order valence-electron chi connectivity index (χ2n) is 4.60. The highest BCUT2D eigenvalue weighted by Gasteiger charge is 2.09. The van der Waals surface area contributed by atoms with Gasteiger partial charge in [-0.3, -0.25) is 4.79 Å². The Labute approximate surface area is 144 Å². The van der Waals surface area contributed by atoms with E-state index in [9.17, 15) is 4.79 Å². The Morgan fingerprint density at radius 2 is 1.83 bits per heavy atom. The predicted octanol–water partition coefficient (Wildman–Crippen LogP) is 4.13. The molecule has 0 heterocycles. The number of rotatable bonds is 5. The van der Waals surface area contributed by atoms with Gasteiger partial charge in [0.2, 0.25) is 0 Å². The standard InChI is InChI=1S/C17H13Cl2N3O/c18-14-5-7-15(8-6-14)21-11-13(9-20)17(23)22-10-12-3-1-2-4-16(12)19/h1-8,11,21H,10H2,(H,22,23)/b13-11-. The summed E-state index contributed by atoms with van der Waals surface area (Å²) in [6, 6.07) is 16.0. The van der Waals surface area contributed by atoms with Crippen LogP contribution in [-0.4, -0.2) is 5.91 Å². The number of nitriles is 1. The van der Waals surface area contributed by atoms with Gasteiger partial charge in [0.25, 0.3) is 5.91 Å². The van der Waals surface area contributed by atoms with Crippen LogP contribution in [0, 0.1) is 11.3 Å². The third kappa shape index (κ3) is 5.03. The maximum absolute atomic E-state index is 12.0. The van der Waals surface area contributed by atoms with E-state index >= 15 is 0 Å². The van der Waals surface area contributed by atoms with Crippen molar-refractivity contribution in [3.8, 4) is 6.07 Å². The molecule has 2 N–H and O–H groups in total. The van der Waals surface area contributed by atoms with Crippen LogP contribution in [0.15, 0.2) is 60.3 Å². The van der Waals surface area contributed by atoms with Crippen LogP contribution in [0.2, 0.25) is 10.0 Å². The van der Waals surface area contributed by atoms with Gasteiger partial charge in [0.1, 0.15) is 11.6 Å². The van der Waals surface area contributed by atoms with E-state index in [1.54, 1.807) is 30.3 Å². The molecule has 0 aliphatic heterocycles. The number of nitrogens with one attached hydrogen (secondary N) is 2. The fraction of sp³-hybridized carbons (Fsp3) is 0.0588. The van der Waals surface area contributed by atoms with E-state index < -0.39 is 5.91 Å². The molecule has 0 unspecified atom stereocenters. The lowest BCUT2D eigenvalue weighted by Crippen LogP contribution is -2.24. The number of carbonyl (C=O) groups excluding carboxylic acids is 1. The molecule has 116 valence electrons. The Morgan fingerprint density at radius 1 is 1.13 bits per heavy atom. The van der Waals surface area contributed by atoms with E-state index in [0.29, 0.717) is 10.0 Å². The number of carbonyl (C=O) groups is 1. The minimum absolute atomic E-state index is 0.0352. The first-order chi connectivity index (χ1) is 11.1. The molecule has 0 fully saturated rings. The molecule has 0 saturated heterocycles. The molecule has 0 radical (unpaired) electrons. The normalized spacial score (nSPS) is 10.7. The summed E-state index contributed by atoms with van der Waals surface area (Å²) >= 11 is 11.8. The second kappa shape index (κ2) is 8.23. The molecule has 0 atom stereocenters. The molecule has 0 aromatic heterocycles. The Kier molecular flexibility index (Phi) is 6.04. The van der Waals surface area contributed by atoms with Crippen LogP contribution in [-0.2, 0) is 11.3 Å². The predicted molar refractivity (Wildman–Crippen MR) is 92.1 cm³/mol. The van der Waals surface area contributed by atoms with E-state index in [2.05, 4.69) is 10.6 Å². The highest BCUT2D eigenvalue weighted by Crippen LogP contribution is 2.15. The van der Waals surface area contributed by atoms with E-state index in [-0.39, 0.29) is 12.1 Å². The van der Waals surface area contributed by atoms with E-state index in [1.807, 2.05) is 24.3 Å². The molecular weight excluding hydrogens is 333 g/mol. The Hall–Kier alpha value is -2.48. The van der Waals surface area contributed by atoms with Gasteiger partial charge in [-0.05, 0) is 35.9 Å². The highest BCUT2D eigenvalue weighted by molar-refractivity contribution is 6.31. The summed E-state index contributed by atoms with van der Waals surface area (Å²) < 4.78 is 0. The van der Waals surface area contributed by atoms with Gasteiger partial charge in [-0.25, -0.2) is 0 Å². The van der Waals surface area contributed by atoms with Crippen LogP contribution >= 0.6 is 23.2 Å². The number of benzene rings is 2. The SMILES string of the molecule is N#C/C(=C/Nc1ccc(Cl)cc1)C(=O)NCc1ccccc1Cl. The average molecular weight is 346 g/mol. The first kappa shape index (κ1) is 16.9. The third-order valence-corrected chi connectivity index (χ3v) is 3.61. The van der Waals surface area contributed by atoms with Crippen molar-refractivity contribution in [3.05, 3.63) is 75.9 Å². The first-order valence-electron chi connectivity index (χ1n) is 6.74. The Bertz CT molecular complexity index is 764. The van der Waals surface area contributed by atoms with E-state index in [0.717, 1.165) is 11.3 Å². The molecule has 6 heteroatoms. The number of hydrogen-bond donors (Lipinski definition) is 2. The maximum atomic E-state index is 12.0. The Morgan fingerprint density at radius 3 is 2.48 bits per heavy atom. The minimum Gasteiger partial charge on any atom is -0.360 e. The van der Waals surface area contributed by atoms with Gasteiger partial charge in [0, 0.05) is 28.5 Å². The van der Waals surface area contributed by atoms with Crippen molar-refractivity contribution in [1.82, 2.24) is 5.32 Å². The fourth-order valence-electron chi connectivity index (χ4n) is 1.76. The van der Waals surface area contributed by atoms with Gasteiger partial charge < -0.3 is 10.6 Å². The molecule has 23 heavy (non-hydrogen) atoms. The first-order valence-corrected chi connectivity index (χ1v) is 7.49. The molecule has 1 amide bonds. The van der Waals surface area contributed by atoms with Crippen LogP contribution in [0.4, 0.5) is 5.69 Å². The molecule has 0 aliphatic rings. The van der Waals surface area contributed by atoms with Gasteiger partial charge in [-0.15, -0.1) is 0 Å². The van der Waals surface area contributed by atoms with Crippen molar-refractivity contribution in [2.24, 2.45) is 0 Å². The average Bonchev–Trinajstić information content (AvgIpc) is 2.56. The molecule has 2 rings (SSSR count). The molecule has 0 aliphatic carbocycles. The van der Waals surface area contributed by atoms with Crippen LogP contribution in [0.5, 0.6) is 0 Å². The monoisotopic (exact) mass is 345 g/mol. The number of halogens is 2. The smallest absolute Gasteiger partial charge is 0.263 e. The van der Waals surface area contributed by atoms with Crippen molar-refractivity contribution >= 4 is 34.8 Å². The molecule has 0 saturated carbocycles. The van der Waals surface area contributed by atoms with E-state index in [1.165, 1.54) is 6.20 Å². The van der Waals surface area contributed by atoms with Gasteiger partial charge in [0.05, 0.1) is 0 Å². The van der Waals surface area contributed by atoms with Crippen LogP contribution in [0.25, 0.3) is 0 Å². The third-order valence-electron chi connectivity index (χ3n) is 2.99. The molecule has 0 bridgehead atoms.